The van der Waals surface area contributed by atoms with Gasteiger partial charge >= 0.3 is 5.97 Å². The number of thioether (sulfide) groups is 1. The Morgan fingerprint density at radius 1 is 1.35 bits per heavy atom. The Balaban J connectivity index is 2.11. The Morgan fingerprint density at radius 3 is 2.80 bits per heavy atom. The molecule has 0 aliphatic rings. The van der Waals surface area contributed by atoms with E-state index in [4.69, 9.17) is 0 Å². The van der Waals surface area contributed by atoms with Crippen LogP contribution in [0.15, 0.2) is 35.5 Å². The van der Waals surface area contributed by atoms with Crippen LogP contribution in [-0.4, -0.2) is 26.8 Å². The van der Waals surface area contributed by atoms with Gasteiger partial charge in [0, 0.05) is 23.3 Å². The van der Waals surface area contributed by atoms with Crippen LogP contribution in [0.25, 0.3) is 0 Å². The summed E-state index contributed by atoms with van der Waals surface area (Å²) in [4.78, 5) is 19.9. The van der Waals surface area contributed by atoms with Crippen molar-refractivity contribution in [3.8, 4) is 0 Å². The van der Waals surface area contributed by atoms with Crippen molar-refractivity contribution >= 4 is 17.7 Å². The van der Waals surface area contributed by atoms with Crippen molar-refractivity contribution in [2.45, 2.75) is 25.3 Å². The largest absolute Gasteiger partial charge is 0.478 e. The average Bonchev–Trinajstić information content (AvgIpc) is 2.38. The Hall–Kier alpha value is -1.88. The van der Waals surface area contributed by atoms with E-state index in [9.17, 15) is 9.90 Å². The molecule has 4 nitrogen and oxygen atoms in total. The van der Waals surface area contributed by atoms with Gasteiger partial charge in [0.1, 0.15) is 5.03 Å². The first-order valence-electron chi connectivity index (χ1n) is 6.32. The van der Waals surface area contributed by atoms with Crippen molar-refractivity contribution in [3.05, 3.63) is 53.0 Å². The lowest BCUT2D eigenvalue weighted by molar-refractivity contribution is 0.0691. The number of carbonyl (C=O) groups is 1. The molecule has 0 amide bonds. The third kappa shape index (κ3) is 3.57. The highest BCUT2D eigenvalue weighted by Crippen LogP contribution is 2.24. The van der Waals surface area contributed by atoms with Crippen molar-refractivity contribution in [3.63, 3.8) is 0 Å². The van der Waals surface area contributed by atoms with Crippen molar-refractivity contribution in [1.82, 2.24) is 9.97 Å². The number of aromatic nitrogens is 2. The van der Waals surface area contributed by atoms with Gasteiger partial charge in [0.25, 0.3) is 0 Å². The summed E-state index contributed by atoms with van der Waals surface area (Å²) in [6.45, 7) is 3.68. The van der Waals surface area contributed by atoms with Gasteiger partial charge < -0.3 is 5.11 Å². The highest BCUT2D eigenvalue weighted by molar-refractivity contribution is 7.99. The van der Waals surface area contributed by atoms with E-state index in [1.807, 2.05) is 25.1 Å². The molecular weight excluding hydrogens is 272 g/mol. The molecule has 0 fully saturated rings. The first-order chi connectivity index (χ1) is 9.58. The van der Waals surface area contributed by atoms with E-state index in [0.717, 1.165) is 29.1 Å². The first-order valence-corrected chi connectivity index (χ1v) is 7.30. The summed E-state index contributed by atoms with van der Waals surface area (Å²) in [6, 6.07) is 7.59. The van der Waals surface area contributed by atoms with Crippen LogP contribution in [0, 0.1) is 13.8 Å². The van der Waals surface area contributed by atoms with E-state index >= 15 is 0 Å². The Bertz CT molecular complexity index is 615. The molecule has 0 bridgehead atoms. The minimum Gasteiger partial charge on any atom is -0.478 e. The molecule has 0 saturated heterocycles. The number of carboxylic acid groups (broad SMARTS) is 1. The molecular formula is C15H16N2O2S. The van der Waals surface area contributed by atoms with Crippen LogP contribution in [0.2, 0.25) is 0 Å². The van der Waals surface area contributed by atoms with Crippen LogP contribution in [-0.2, 0) is 6.42 Å². The smallest absolute Gasteiger partial charge is 0.338 e. The van der Waals surface area contributed by atoms with Gasteiger partial charge in [-0.25, -0.2) is 9.78 Å². The number of hydrogen-bond acceptors (Lipinski definition) is 4. The zero-order valence-electron chi connectivity index (χ0n) is 11.5. The highest BCUT2D eigenvalue weighted by atomic mass is 32.2. The fourth-order valence-corrected chi connectivity index (χ4v) is 3.07. The molecule has 104 valence electrons. The van der Waals surface area contributed by atoms with Crippen LogP contribution < -0.4 is 0 Å². The molecule has 0 aromatic carbocycles. The Morgan fingerprint density at radius 2 is 2.15 bits per heavy atom. The normalized spacial score (nSPS) is 10.5. The SMILES string of the molecule is Cc1cc(C)c(C(=O)O)c(SCCc2ccccn2)n1. The second kappa shape index (κ2) is 6.52. The standard InChI is InChI=1S/C15H16N2O2S/c1-10-9-11(2)17-14(13(10)15(18)19)20-8-6-12-5-3-4-7-16-12/h3-5,7,9H,6,8H2,1-2H3,(H,18,19). The van der Waals surface area contributed by atoms with Gasteiger partial charge in [0.15, 0.2) is 0 Å². The zero-order chi connectivity index (χ0) is 14.5. The number of aromatic carboxylic acids is 1. The first kappa shape index (κ1) is 14.5. The molecule has 0 aliphatic carbocycles. The summed E-state index contributed by atoms with van der Waals surface area (Å²) >= 11 is 1.47. The van der Waals surface area contributed by atoms with Crippen molar-refractivity contribution in [1.29, 1.82) is 0 Å². The summed E-state index contributed by atoms with van der Waals surface area (Å²) in [5, 5.41) is 9.88. The predicted molar refractivity (Wildman–Crippen MR) is 79.3 cm³/mol. The van der Waals surface area contributed by atoms with Gasteiger partial charge in [0.05, 0.1) is 5.56 Å². The highest BCUT2D eigenvalue weighted by Gasteiger charge is 2.15. The number of rotatable bonds is 5. The van der Waals surface area contributed by atoms with E-state index in [0.29, 0.717) is 10.6 Å². The van der Waals surface area contributed by atoms with Crippen LogP contribution >= 0.6 is 11.8 Å². The van der Waals surface area contributed by atoms with Crippen molar-refractivity contribution in [2.24, 2.45) is 0 Å². The number of carboxylic acids is 1. The molecule has 0 unspecified atom stereocenters. The summed E-state index contributed by atoms with van der Waals surface area (Å²) in [5.74, 6) is -0.164. The third-order valence-corrected chi connectivity index (χ3v) is 3.83. The predicted octanol–water partition coefficient (Wildman–Crippen LogP) is 3.13. The molecule has 0 radical (unpaired) electrons. The van der Waals surface area contributed by atoms with E-state index in [1.54, 1.807) is 19.2 Å². The van der Waals surface area contributed by atoms with Gasteiger partial charge in [-0.2, -0.15) is 0 Å². The molecule has 0 saturated carbocycles. The number of aryl methyl sites for hydroxylation is 3. The summed E-state index contributed by atoms with van der Waals surface area (Å²) in [7, 11) is 0. The summed E-state index contributed by atoms with van der Waals surface area (Å²) in [5.41, 5.74) is 2.90. The van der Waals surface area contributed by atoms with Gasteiger partial charge in [-0.3, -0.25) is 4.98 Å². The molecule has 2 aromatic rings. The van der Waals surface area contributed by atoms with E-state index in [1.165, 1.54) is 11.8 Å². The maximum absolute atomic E-state index is 11.3. The van der Waals surface area contributed by atoms with Gasteiger partial charge in [-0.05, 0) is 44.0 Å². The molecule has 2 aromatic heterocycles. The maximum atomic E-state index is 11.3. The third-order valence-electron chi connectivity index (χ3n) is 2.85. The number of nitrogens with zero attached hydrogens (tertiary/aromatic N) is 2. The monoisotopic (exact) mass is 288 g/mol. The quantitative estimate of drug-likeness (QED) is 0.856. The molecule has 1 N–H and O–H groups in total. The molecule has 0 atom stereocenters. The molecule has 0 aliphatic heterocycles. The fourth-order valence-electron chi connectivity index (χ4n) is 1.97. The van der Waals surface area contributed by atoms with Crippen LogP contribution in [0.1, 0.15) is 27.3 Å². The van der Waals surface area contributed by atoms with E-state index < -0.39 is 5.97 Å². The second-order valence-corrected chi connectivity index (χ2v) is 5.57. The molecule has 20 heavy (non-hydrogen) atoms. The zero-order valence-corrected chi connectivity index (χ0v) is 12.3. The van der Waals surface area contributed by atoms with E-state index in [2.05, 4.69) is 9.97 Å². The van der Waals surface area contributed by atoms with Crippen LogP contribution in [0.5, 0.6) is 0 Å². The minimum atomic E-state index is -0.921. The molecule has 2 rings (SSSR count). The van der Waals surface area contributed by atoms with Crippen molar-refractivity contribution < 1.29 is 9.90 Å². The topological polar surface area (TPSA) is 63.1 Å². The molecule has 2 heterocycles. The average molecular weight is 288 g/mol. The number of hydrogen-bond donors (Lipinski definition) is 1. The van der Waals surface area contributed by atoms with E-state index in [-0.39, 0.29) is 0 Å². The second-order valence-electron chi connectivity index (χ2n) is 4.49. The lowest BCUT2D eigenvalue weighted by Gasteiger charge is -2.09. The Labute approximate surface area is 122 Å². The van der Waals surface area contributed by atoms with Crippen LogP contribution in [0.3, 0.4) is 0 Å². The van der Waals surface area contributed by atoms with Gasteiger partial charge in [-0.15, -0.1) is 11.8 Å². The Kier molecular flexibility index (Phi) is 4.74. The fraction of sp³-hybridized carbons (Fsp3) is 0.267. The van der Waals surface area contributed by atoms with Crippen molar-refractivity contribution in [2.75, 3.05) is 5.75 Å². The minimum absolute atomic E-state index is 0.307. The van der Waals surface area contributed by atoms with Gasteiger partial charge in [0.2, 0.25) is 0 Å². The van der Waals surface area contributed by atoms with Crippen LogP contribution in [0.4, 0.5) is 0 Å². The summed E-state index contributed by atoms with van der Waals surface area (Å²) < 4.78 is 0. The lowest BCUT2D eigenvalue weighted by Crippen LogP contribution is -2.06. The summed E-state index contributed by atoms with van der Waals surface area (Å²) in [6.07, 6.45) is 2.55. The number of pyridine rings is 2. The molecule has 0 spiro atoms. The molecule has 5 heteroatoms. The maximum Gasteiger partial charge on any atom is 0.338 e. The van der Waals surface area contributed by atoms with Gasteiger partial charge in [-0.1, -0.05) is 6.07 Å². The lowest BCUT2D eigenvalue weighted by atomic mass is 10.1.